The van der Waals surface area contributed by atoms with Crippen molar-refractivity contribution in [3.05, 3.63) is 92.6 Å². The first-order valence-electron chi connectivity index (χ1n) is 11.9. The van der Waals surface area contributed by atoms with E-state index in [1.165, 1.54) is 6.07 Å². The number of benzene rings is 1. The summed E-state index contributed by atoms with van der Waals surface area (Å²) in [7, 11) is 0. The lowest BCUT2D eigenvalue weighted by molar-refractivity contribution is -0.385. The number of nitro groups is 1. The zero-order chi connectivity index (χ0) is 26.8. The van der Waals surface area contributed by atoms with Crippen LogP contribution in [-0.2, 0) is 0 Å². The fraction of sp³-hybridized carbons (Fsp3) is 0.231. The molecule has 0 radical (unpaired) electrons. The molecule has 1 aromatic carbocycles. The fourth-order valence-corrected chi connectivity index (χ4v) is 4.61. The van der Waals surface area contributed by atoms with E-state index >= 15 is 0 Å². The number of rotatable bonds is 6. The number of carbonyl (C=O) groups excluding carboxylic acids is 2. The van der Waals surface area contributed by atoms with Crippen LogP contribution in [0.2, 0.25) is 5.02 Å². The number of piperidine rings is 1. The number of aromatic nitrogens is 3. The van der Waals surface area contributed by atoms with Gasteiger partial charge in [0.2, 0.25) is 0 Å². The molecule has 1 aliphatic heterocycles. The van der Waals surface area contributed by atoms with Gasteiger partial charge in [-0.25, -0.2) is 4.98 Å². The average Bonchev–Trinajstić information content (AvgIpc) is 3.59. The van der Waals surface area contributed by atoms with Crippen LogP contribution >= 0.6 is 11.6 Å². The standard InChI is InChI=1S/C26H23ClN6O5/c1-15-12-19(28-14-21(15)33(36)37)26(35)32-11-3-2-4-20(32)18-13-24(31-30-18)29-25(34)23-10-9-22(38-23)16-5-7-17(27)8-6-16/h5-10,12-14,20H,2-4,11H2,1H3,(H2,29,30,31,34). The zero-order valence-corrected chi connectivity index (χ0v) is 21.1. The van der Waals surface area contributed by atoms with Crippen molar-refractivity contribution in [3.8, 4) is 11.3 Å². The Morgan fingerprint density at radius 2 is 1.97 bits per heavy atom. The number of amides is 2. The Kier molecular flexibility index (Phi) is 6.93. The number of hydrogen-bond acceptors (Lipinski definition) is 7. The molecule has 3 aromatic heterocycles. The molecule has 1 unspecified atom stereocenters. The highest BCUT2D eigenvalue weighted by atomic mass is 35.5. The smallest absolute Gasteiger partial charge is 0.292 e. The predicted molar refractivity (Wildman–Crippen MR) is 139 cm³/mol. The van der Waals surface area contributed by atoms with Crippen molar-refractivity contribution in [1.82, 2.24) is 20.1 Å². The summed E-state index contributed by atoms with van der Waals surface area (Å²) in [6, 6.07) is 13.2. The van der Waals surface area contributed by atoms with Crippen LogP contribution in [0.4, 0.5) is 11.5 Å². The van der Waals surface area contributed by atoms with Gasteiger partial charge in [-0.2, -0.15) is 5.10 Å². The molecule has 38 heavy (non-hydrogen) atoms. The van der Waals surface area contributed by atoms with Gasteiger partial charge in [0.25, 0.3) is 17.5 Å². The second-order valence-corrected chi connectivity index (χ2v) is 9.39. The zero-order valence-electron chi connectivity index (χ0n) is 20.3. The molecule has 1 saturated heterocycles. The summed E-state index contributed by atoms with van der Waals surface area (Å²) in [6.45, 7) is 2.08. The highest BCUT2D eigenvalue weighted by Crippen LogP contribution is 2.32. The van der Waals surface area contributed by atoms with Crippen molar-refractivity contribution in [2.75, 3.05) is 11.9 Å². The lowest BCUT2D eigenvalue weighted by Gasteiger charge is -2.34. The van der Waals surface area contributed by atoms with Gasteiger partial charge in [-0.05, 0) is 68.7 Å². The molecular formula is C26H23ClN6O5. The minimum Gasteiger partial charge on any atom is -0.451 e. The predicted octanol–water partition coefficient (Wildman–Crippen LogP) is 5.55. The van der Waals surface area contributed by atoms with Gasteiger partial charge in [0, 0.05) is 28.8 Å². The van der Waals surface area contributed by atoms with E-state index in [0.717, 1.165) is 24.6 Å². The molecule has 0 aliphatic carbocycles. The number of halogens is 1. The Bertz CT molecular complexity index is 1510. The molecule has 12 heteroatoms. The number of aryl methyl sites for hydroxylation is 1. The van der Waals surface area contributed by atoms with Gasteiger partial charge >= 0.3 is 0 Å². The van der Waals surface area contributed by atoms with Gasteiger partial charge < -0.3 is 14.6 Å². The summed E-state index contributed by atoms with van der Waals surface area (Å²) < 4.78 is 5.70. The maximum atomic E-state index is 13.3. The normalized spacial score (nSPS) is 15.3. The second-order valence-electron chi connectivity index (χ2n) is 8.96. The molecule has 4 aromatic rings. The van der Waals surface area contributed by atoms with E-state index in [-0.39, 0.29) is 34.9 Å². The number of nitrogens with zero attached hydrogens (tertiary/aromatic N) is 4. The molecule has 4 heterocycles. The molecule has 1 aliphatic rings. The van der Waals surface area contributed by atoms with E-state index in [1.807, 2.05) is 0 Å². The fourth-order valence-electron chi connectivity index (χ4n) is 4.48. The quantitative estimate of drug-likeness (QED) is 0.243. The van der Waals surface area contributed by atoms with E-state index in [2.05, 4.69) is 20.5 Å². The number of H-pyrrole nitrogens is 1. The first-order valence-corrected chi connectivity index (χ1v) is 12.3. The molecule has 11 nitrogen and oxygen atoms in total. The van der Waals surface area contributed by atoms with E-state index < -0.39 is 10.8 Å². The topological polar surface area (TPSA) is 147 Å². The number of furan rings is 1. The number of anilines is 1. The minimum atomic E-state index is -0.526. The van der Waals surface area contributed by atoms with Crippen LogP contribution in [0.5, 0.6) is 0 Å². The van der Waals surface area contributed by atoms with Crippen LogP contribution in [0.3, 0.4) is 0 Å². The summed E-state index contributed by atoms with van der Waals surface area (Å²) >= 11 is 5.93. The lowest BCUT2D eigenvalue weighted by Crippen LogP contribution is -2.39. The highest BCUT2D eigenvalue weighted by molar-refractivity contribution is 6.30. The third-order valence-corrected chi connectivity index (χ3v) is 6.67. The molecule has 1 fully saturated rings. The molecule has 2 amide bonds. The van der Waals surface area contributed by atoms with Crippen molar-refractivity contribution >= 4 is 34.9 Å². The Balaban J connectivity index is 1.30. The Hall–Kier alpha value is -4.51. The Labute approximate surface area is 222 Å². The van der Waals surface area contributed by atoms with E-state index in [4.69, 9.17) is 16.0 Å². The molecule has 0 spiro atoms. The van der Waals surface area contributed by atoms with E-state index in [1.54, 1.807) is 54.3 Å². The molecule has 0 saturated carbocycles. The summed E-state index contributed by atoms with van der Waals surface area (Å²) in [4.78, 5) is 42.4. The number of pyridine rings is 1. The monoisotopic (exact) mass is 534 g/mol. The first kappa shape index (κ1) is 25.2. The first-order chi connectivity index (χ1) is 18.3. The lowest BCUT2D eigenvalue weighted by atomic mass is 9.98. The van der Waals surface area contributed by atoms with Crippen LogP contribution in [0.15, 0.2) is 59.1 Å². The van der Waals surface area contributed by atoms with Gasteiger partial charge in [-0.3, -0.25) is 24.8 Å². The average molecular weight is 535 g/mol. The number of aromatic amines is 1. The van der Waals surface area contributed by atoms with Crippen LogP contribution in [0, 0.1) is 17.0 Å². The van der Waals surface area contributed by atoms with Gasteiger partial charge in [0.05, 0.1) is 16.7 Å². The van der Waals surface area contributed by atoms with Crippen LogP contribution in [-0.4, -0.2) is 43.4 Å². The van der Waals surface area contributed by atoms with E-state index in [9.17, 15) is 19.7 Å². The van der Waals surface area contributed by atoms with Crippen molar-refractivity contribution in [1.29, 1.82) is 0 Å². The van der Waals surface area contributed by atoms with Gasteiger partial charge in [-0.1, -0.05) is 11.6 Å². The molecule has 1 atom stereocenters. The molecule has 0 bridgehead atoms. The summed E-state index contributed by atoms with van der Waals surface area (Å²) in [5.41, 5.74) is 1.82. The van der Waals surface area contributed by atoms with Crippen molar-refractivity contribution in [2.24, 2.45) is 0 Å². The maximum Gasteiger partial charge on any atom is 0.292 e. The Morgan fingerprint density at radius 3 is 2.71 bits per heavy atom. The summed E-state index contributed by atoms with van der Waals surface area (Å²) in [5.74, 6) is 0.148. The largest absolute Gasteiger partial charge is 0.451 e. The number of nitrogens with one attached hydrogen (secondary N) is 2. The summed E-state index contributed by atoms with van der Waals surface area (Å²) in [5, 5.41) is 21.6. The van der Waals surface area contributed by atoms with Crippen LogP contribution < -0.4 is 5.32 Å². The van der Waals surface area contributed by atoms with Gasteiger partial charge in [0.1, 0.15) is 17.7 Å². The van der Waals surface area contributed by atoms with Crippen molar-refractivity contribution < 1.29 is 18.9 Å². The van der Waals surface area contributed by atoms with Gasteiger partial charge in [-0.15, -0.1) is 0 Å². The highest BCUT2D eigenvalue weighted by Gasteiger charge is 2.31. The minimum absolute atomic E-state index is 0.119. The van der Waals surface area contributed by atoms with Crippen molar-refractivity contribution in [2.45, 2.75) is 32.2 Å². The molecular weight excluding hydrogens is 512 g/mol. The third kappa shape index (κ3) is 5.14. The van der Waals surface area contributed by atoms with Gasteiger partial charge in [0.15, 0.2) is 11.6 Å². The molecule has 194 valence electrons. The van der Waals surface area contributed by atoms with Crippen LogP contribution in [0.1, 0.15) is 57.6 Å². The van der Waals surface area contributed by atoms with Crippen molar-refractivity contribution in [3.63, 3.8) is 0 Å². The Morgan fingerprint density at radius 1 is 1.18 bits per heavy atom. The van der Waals surface area contributed by atoms with Crippen LogP contribution in [0.25, 0.3) is 11.3 Å². The number of carbonyl (C=O) groups is 2. The molecule has 2 N–H and O–H groups in total. The molecule has 5 rings (SSSR count). The second kappa shape index (κ2) is 10.5. The number of hydrogen-bond donors (Lipinski definition) is 2. The maximum absolute atomic E-state index is 13.3. The SMILES string of the molecule is Cc1cc(C(=O)N2CCCCC2c2cc(NC(=O)c3ccc(-c4ccc(Cl)cc4)o3)n[nH]2)ncc1[N+](=O)[O-]. The number of likely N-dealkylation sites (tertiary alicyclic amines) is 1. The third-order valence-electron chi connectivity index (χ3n) is 6.42. The summed E-state index contributed by atoms with van der Waals surface area (Å²) in [6.07, 6.45) is 3.52. The van der Waals surface area contributed by atoms with E-state index in [0.29, 0.717) is 35.0 Å².